The average molecular weight is 532 g/mol. The Labute approximate surface area is 208 Å². The number of fused-ring (bicyclic) bond motifs is 1. The van der Waals surface area contributed by atoms with Crippen LogP contribution in [-0.4, -0.2) is 13.5 Å². The predicted octanol–water partition coefficient (Wildman–Crippen LogP) is 6.24. The first-order chi connectivity index (χ1) is 16.3. The largest absolute Gasteiger partial charge is 0.374 e. The van der Waals surface area contributed by atoms with Gasteiger partial charge in [-0.2, -0.15) is 0 Å². The molecule has 34 heavy (non-hydrogen) atoms. The molecule has 0 bridgehead atoms. The smallest absolute Gasteiger partial charge is 0.268 e. The molecule has 0 saturated carbocycles. The molecule has 6 heteroatoms. The number of nitrogens with zero attached hydrogens (tertiary/aromatic N) is 1. The number of benzene rings is 4. The Bertz CT molecular complexity index is 1480. The summed E-state index contributed by atoms with van der Waals surface area (Å²) in [4.78, 5) is 0.159. The molecule has 4 aromatic carbocycles. The highest BCUT2D eigenvalue weighted by atomic mass is 79.9. The minimum absolute atomic E-state index is 0.159. The van der Waals surface area contributed by atoms with Crippen molar-refractivity contribution in [2.24, 2.45) is 0 Å². The van der Waals surface area contributed by atoms with E-state index in [-0.39, 0.29) is 10.6 Å². The summed E-state index contributed by atoms with van der Waals surface area (Å²) in [5, 5.41) is 12.4. The molecule has 170 valence electrons. The van der Waals surface area contributed by atoms with Gasteiger partial charge in [-0.3, -0.25) is 0 Å². The van der Waals surface area contributed by atoms with Gasteiger partial charge in [0.25, 0.3) is 10.0 Å². The van der Waals surface area contributed by atoms with Gasteiger partial charge < -0.3 is 5.11 Å². The first kappa shape index (κ1) is 22.6. The first-order valence-corrected chi connectivity index (χ1v) is 13.0. The number of sulfonamides is 1. The highest BCUT2D eigenvalue weighted by molar-refractivity contribution is 9.10. The number of hydrogen-bond donors (Lipinski definition) is 1. The maximum absolute atomic E-state index is 14.0. The molecular formula is C28H22BrNO3S. The Kier molecular flexibility index (Phi) is 5.68. The van der Waals surface area contributed by atoms with E-state index in [9.17, 15) is 13.5 Å². The van der Waals surface area contributed by atoms with Gasteiger partial charge in [0.05, 0.1) is 16.3 Å². The SMILES string of the molecule is Cc1ccc(S(=O)(=O)N2/C(=C\c3ccccc3)C(O)(c3ccc(Br)cc3)c3ccccc32)cc1. The molecule has 4 aromatic rings. The van der Waals surface area contributed by atoms with E-state index in [4.69, 9.17) is 0 Å². The van der Waals surface area contributed by atoms with E-state index in [2.05, 4.69) is 15.9 Å². The van der Waals surface area contributed by atoms with Crippen LogP contribution in [0.3, 0.4) is 0 Å². The summed E-state index contributed by atoms with van der Waals surface area (Å²) in [5.74, 6) is 0. The number of rotatable bonds is 4. The molecule has 0 aliphatic carbocycles. The van der Waals surface area contributed by atoms with Gasteiger partial charge in [0.2, 0.25) is 0 Å². The Morgan fingerprint density at radius 1 is 0.824 bits per heavy atom. The van der Waals surface area contributed by atoms with Gasteiger partial charge in [-0.15, -0.1) is 0 Å². The van der Waals surface area contributed by atoms with Crippen LogP contribution in [0, 0.1) is 6.92 Å². The Morgan fingerprint density at radius 3 is 2.12 bits per heavy atom. The first-order valence-electron chi connectivity index (χ1n) is 10.8. The van der Waals surface area contributed by atoms with Gasteiger partial charge in [0.15, 0.2) is 5.60 Å². The summed E-state index contributed by atoms with van der Waals surface area (Å²) in [6.45, 7) is 1.91. The minimum atomic E-state index is -4.03. The van der Waals surface area contributed by atoms with Crippen LogP contribution in [0.2, 0.25) is 0 Å². The van der Waals surface area contributed by atoms with E-state index in [1.807, 2.05) is 67.6 Å². The van der Waals surface area contributed by atoms with Crippen molar-refractivity contribution >= 4 is 37.7 Å². The summed E-state index contributed by atoms with van der Waals surface area (Å²) in [6.07, 6.45) is 1.74. The molecule has 0 fully saturated rings. The van der Waals surface area contributed by atoms with Gasteiger partial charge in [0, 0.05) is 10.0 Å². The second kappa shape index (κ2) is 8.55. The maximum atomic E-state index is 14.0. The van der Waals surface area contributed by atoms with Gasteiger partial charge in [-0.1, -0.05) is 94.3 Å². The van der Waals surface area contributed by atoms with Gasteiger partial charge in [-0.05, 0) is 54.5 Å². The van der Waals surface area contributed by atoms with Crippen molar-refractivity contribution in [2.75, 3.05) is 4.31 Å². The molecular weight excluding hydrogens is 510 g/mol. The Morgan fingerprint density at radius 2 is 1.44 bits per heavy atom. The zero-order valence-electron chi connectivity index (χ0n) is 18.4. The van der Waals surface area contributed by atoms with E-state index in [0.29, 0.717) is 16.8 Å². The lowest BCUT2D eigenvalue weighted by Crippen LogP contribution is -2.35. The Hall–Kier alpha value is -3.19. The van der Waals surface area contributed by atoms with Crippen LogP contribution in [0.25, 0.3) is 6.08 Å². The van der Waals surface area contributed by atoms with Crippen LogP contribution < -0.4 is 4.31 Å². The van der Waals surface area contributed by atoms with Gasteiger partial charge in [-0.25, -0.2) is 12.7 Å². The van der Waals surface area contributed by atoms with Crippen LogP contribution in [0.15, 0.2) is 118 Å². The normalized spacial score (nSPS) is 18.8. The maximum Gasteiger partial charge on any atom is 0.268 e. The fourth-order valence-electron chi connectivity index (χ4n) is 4.31. The lowest BCUT2D eigenvalue weighted by Gasteiger charge is -2.29. The van der Waals surface area contributed by atoms with E-state index < -0.39 is 15.6 Å². The second-order valence-electron chi connectivity index (χ2n) is 8.26. The molecule has 1 aliphatic rings. The zero-order chi connectivity index (χ0) is 23.9. The summed E-state index contributed by atoms with van der Waals surface area (Å²) in [7, 11) is -4.03. The van der Waals surface area contributed by atoms with Gasteiger partial charge >= 0.3 is 0 Å². The van der Waals surface area contributed by atoms with E-state index in [0.717, 1.165) is 15.6 Å². The summed E-state index contributed by atoms with van der Waals surface area (Å²) in [5.41, 5.74) is 1.84. The van der Waals surface area contributed by atoms with Crippen molar-refractivity contribution in [1.29, 1.82) is 0 Å². The number of para-hydroxylation sites is 1. The monoisotopic (exact) mass is 531 g/mol. The second-order valence-corrected chi connectivity index (χ2v) is 11.0. The predicted molar refractivity (Wildman–Crippen MR) is 139 cm³/mol. The molecule has 1 unspecified atom stereocenters. The van der Waals surface area contributed by atoms with Crippen LogP contribution in [0.5, 0.6) is 0 Å². The topological polar surface area (TPSA) is 57.6 Å². The van der Waals surface area contributed by atoms with Crippen LogP contribution in [0.4, 0.5) is 5.69 Å². The molecule has 0 aromatic heterocycles. The minimum Gasteiger partial charge on any atom is -0.374 e. The van der Waals surface area contributed by atoms with Crippen molar-refractivity contribution in [3.63, 3.8) is 0 Å². The molecule has 0 saturated heterocycles. The lowest BCUT2D eigenvalue weighted by atomic mass is 9.85. The fourth-order valence-corrected chi connectivity index (χ4v) is 6.13. The highest BCUT2D eigenvalue weighted by Crippen LogP contribution is 2.52. The highest BCUT2D eigenvalue weighted by Gasteiger charge is 2.51. The van der Waals surface area contributed by atoms with E-state index >= 15 is 0 Å². The Balaban J connectivity index is 1.82. The molecule has 1 heterocycles. The third kappa shape index (κ3) is 3.68. The fraction of sp³-hybridized carbons (Fsp3) is 0.0714. The van der Waals surface area contributed by atoms with E-state index in [1.54, 1.807) is 48.5 Å². The average Bonchev–Trinajstić information content (AvgIpc) is 3.10. The zero-order valence-corrected chi connectivity index (χ0v) is 20.8. The molecule has 0 amide bonds. The number of aryl methyl sites for hydroxylation is 1. The van der Waals surface area contributed by atoms with Crippen molar-refractivity contribution in [3.8, 4) is 0 Å². The lowest BCUT2D eigenvalue weighted by molar-refractivity contribution is 0.128. The number of aliphatic hydroxyl groups is 1. The molecule has 1 aliphatic heterocycles. The number of hydrogen-bond acceptors (Lipinski definition) is 3. The molecule has 5 rings (SSSR count). The summed E-state index contributed by atoms with van der Waals surface area (Å²) >= 11 is 3.45. The van der Waals surface area contributed by atoms with Crippen molar-refractivity contribution in [2.45, 2.75) is 17.4 Å². The van der Waals surface area contributed by atoms with Gasteiger partial charge in [0.1, 0.15) is 0 Å². The van der Waals surface area contributed by atoms with E-state index in [1.165, 1.54) is 4.31 Å². The molecule has 0 spiro atoms. The van der Waals surface area contributed by atoms with Crippen molar-refractivity contribution < 1.29 is 13.5 Å². The molecule has 4 nitrogen and oxygen atoms in total. The van der Waals surface area contributed by atoms with Crippen LogP contribution in [-0.2, 0) is 15.6 Å². The quantitative estimate of drug-likeness (QED) is 0.339. The molecule has 1 N–H and O–H groups in total. The third-order valence-electron chi connectivity index (χ3n) is 6.03. The van der Waals surface area contributed by atoms with Crippen molar-refractivity contribution in [3.05, 3.63) is 136 Å². The molecule has 0 radical (unpaired) electrons. The van der Waals surface area contributed by atoms with Crippen LogP contribution >= 0.6 is 15.9 Å². The van der Waals surface area contributed by atoms with Crippen LogP contribution in [0.1, 0.15) is 22.3 Å². The molecule has 1 atom stereocenters. The number of halogens is 1. The summed E-state index contributed by atoms with van der Waals surface area (Å²) in [6, 6.07) is 30.6. The third-order valence-corrected chi connectivity index (χ3v) is 8.30. The standard InChI is InChI=1S/C28H22BrNO3S/c1-20-11-17-24(18-12-20)34(32,33)30-26-10-6-5-9-25(26)28(31,22-13-15-23(29)16-14-22)27(30)19-21-7-3-2-4-8-21/h2-19,31H,1H3/b27-19-. The van der Waals surface area contributed by atoms with Crippen molar-refractivity contribution in [1.82, 2.24) is 0 Å². The number of anilines is 1. The summed E-state index contributed by atoms with van der Waals surface area (Å²) < 4.78 is 30.2.